The minimum absolute atomic E-state index is 0.272. The van der Waals surface area contributed by atoms with Crippen molar-refractivity contribution in [2.45, 2.75) is 0 Å². The highest BCUT2D eigenvalue weighted by atomic mass is 19.1. The molecule has 2 heterocycles. The lowest BCUT2D eigenvalue weighted by molar-refractivity contribution is -0.111. The van der Waals surface area contributed by atoms with E-state index in [1.165, 1.54) is 18.2 Å². The predicted molar refractivity (Wildman–Crippen MR) is 94.9 cm³/mol. The van der Waals surface area contributed by atoms with Crippen LogP contribution < -0.4 is 5.32 Å². The minimum atomic E-state index is -0.288. The number of aryl methyl sites for hydroxylation is 1. The molecule has 0 atom stereocenters. The molecule has 2 aromatic heterocycles. The van der Waals surface area contributed by atoms with Crippen molar-refractivity contribution >= 4 is 34.8 Å². The number of pyridine rings is 1. The van der Waals surface area contributed by atoms with Gasteiger partial charge < -0.3 is 9.88 Å². The quantitative estimate of drug-likeness (QED) is 0.738. The number of hydrogen-bond acceptors (Lipinski definition) is 2. The Balaban J connectivity index is 1.99. The number of nitrogens with zero attached hydrogens (tertiary/aromatic N) is 2. The first-order valence-electron chi connectivity index (χ1n) is 7.39. The average Bonchev–Trinajstić information content (AvgIpc) is 2.88. The van der Waals surface area contributed by atoms with E-state index in [0.29, 0.717) is 5.69 Å². The van der Waals surface area contributed by atoms with E-state index >= 15 is 0 Å². The summed E-state index contributed by atoms with van der Waals surface area (Å²) in [6.45, 7) is 3.43. The second kappa shape index (κ2) is 6.50. The minimum Gasteiger partial charge on any atom is -0.335 e. The van der Waals surface area contributed by atoms with E-state index in [-0.39, 0.29) is 11.7 Å². The topological polar surface area (TPSA) is 46.9 Å². The number of rotatable bonds is 4. The van der Waals surface area contributed by atoms with Crippen molar-refractivity contribution in [1.82, 2.24) is 9.55 Å². The zero-order valence-electron chi connectivity index (χ0n) is 13.2. The van der Waals surface area contributed by atoms with E-state index in [1.54, 1.807) is 12.3 Å². The van der Waals surface area contributed by atoms with Gasteiger partial charge in [0.05, 0.1) is 11.9 Å². The number of hydrogen-bond donors (Lipinski definition) is 1. The Morgan fingerprint density at radius 1 is 1.33 bits per heavy atom. The number of aromatic nitrogens is 2. The lowest BCUT2D eigenvalue weighted by atomic mass is 10.1. The summed E-state index contributed by atoms with van der Waals surface area (Å²) in [6.07, 6.45) is 8.49. The third kappa shape index (κ3) is 3.25. The number of halogens is 1. The van der Waals surface area contributed by atoms with Crippen LogP contribution in [0.1, 0.15) is 11.1 Å². The summed E-state index contributed by atoms with van der Waals surface area (Å²) in [5.74, 6) is -0.560. The summed E-state index contributed by atoms with van der Waals surface area (Å²) in [5, 5.41) is 3.59. The normalized spacial score (nSPS) is 11.1. The molecular weight excluding hydrogens is 305 g/mol. The molecule has 0 spiro atoms. The smallest absolute Gasteiger partial charge is 0.247 e. The number of anilines is 1. The standard InChI is InChI=1S/C19H16FN3O/c1-3-18(24)22-16-10-17-14(12-23(2)19(17)21-11-16)8-7-13-5-4-6-15(20)9-13/h3-12H,1H2,2H3,(H,22,24)/b8-7+. The van der Waals surface area contributed by atoms with Gasteiger partial charge in [0.25, 0.3) is 0 Å². The largest absolute Gasteiger partial charge is 0.335 e. The van der Waals surface area contributed by atoms with Gasteiger partial charge in [-0.25, -0.2) is 9.37 Å². The Labute approximate surface area is 138 Å². The fraction of sp³-hybridized carbons (Fsp3) is 0.0526. The van der Waals surface area contributed by atoms with Gasteiger partial charge in [-0.05, 0) is 29.8 Å². The monoisotopic (exact) mass is 321 g/mol. The van der Waals surface area contributed by atoms with Crippen LogP contribution in [0.25, 0.3) is 23.2 Å². The zero-order valence-corrected chi connectivity index (χ0v) is 13.2. The van der Waals surface area contributed by atoms with Crippen LogP contribution in [0, 0.1) is 5.82 Å². The molecule has 0 saturated heterocycles. The lowest BCUT2D eigenvalue weighted by Gasteiger charge is -2.02. The molecule has 1 aromatic carbocycles. The van der Waals surface area contributed by atoms with Crippen LogP contribution in [0.15, 0.2) is 55.4 Å². The van der Waals surface area contributed by atoms with Crippen molar-refractivity contribution in [2.75, 3.05) is 5.32 Å². The Bertz CT molecular complexity index is 956. The van der Waals surface area contributed by atoms with E-state index < -0.39 is 0 Å². The molecule has 0 aliphatic rings. The first-order chi connectivity index (χ1) is 11.6. The van der Waals surface area contributed by atoms with Gasteiger partial charge in [0, 0.05) is 24.2 Å². The van der Waals surface area contributed by atoms with Gasteiger partial charge in [-0.3, -0.25) is 4.79 Å². The molecule has 0 radical (unpaired) electrons. The molecule has 24 heavy (non-hydrogen) atoms. The van der Waals surface area contributed by atoms with Gasteiger partial charge in [-0.1, -0.05) is 30.9 Å². The first kappa shape index (κ1) is 15.7. The SMILES string of the molecule is C=CC(=O)Nc1cnc2c(c1)c(/C=C/c1cccc(F)c1)cn2C. The molecule has 4 nitrogen and oxygen atoms in total. The van der Waals surface area contributed by atoms with Crippen molar-refractivity contribution in [3.63, 3.8) is 0 Å². The van der Waals surface area contributed by atoms with Gasteiger partial charge in [0.15, 0.2) is 0 Å². The zero-order chi connectivity index (χ0) is 17.1. The fourth-order valence-corrected chi connectivity index (χ4v) is 2.48. The number of fused-ring (bicyclic) bond motifs is 1. The molecule has 0 unspecified atom stereocenters. The van der Waals surface area contributed by atoms with Gasteiger partial charge in [0.1, 0.15) is 11.5 Å². The van der Waals surface area contributed by atoms with Crippen molar-refractivity contribution < 1.29 is 9.18 Å². The third-order valence-electron chi connectivity index (χ3n) is 3.60. The second-order valence-electron chi connectivity index (χ2n) is 5.37. The van der Waals surface area contributed by atoms with Gasteiger partial charge in [-0.15, -0.1) is 0 Å². The molecular formula is C19H16FN3O. The summed E-state index contributed by atoms with van der Waals surface area (Å²) in [5.41, 5.74) is 3.10. The summed E-state index contributed by atoms with van der Waals surface area (Å²) in [6, 6.07) is 8.24. The summed E-state index contributed by atoms with van der Waals surface area (Å²) in [7, 11) is 1.90. The van der Waals surface area contributed by atoms with Crippen LogP contribution in [0.4, 0.5) is 10.1 Å². The van der Waals surface area contributed by atoms with E-state index in [1.807, 2.05) is 42.1 Å². The highest BCUT2D eigenvalue weighted by Crippen LogP contribution is 2.24. The van der Waals surface area contributed by atoms with Gasteiger partial charge in [-0.2, -0.15) is 0 Å². The van der Waals surface area contributed by atoms with E-state index in [2.05, 4.69) is 16.9 Å². The molecule has 5 heteroatoms. The maximum atomic E-state index is 13.3. The molecule has 0 aliphatic heterocycles. The van der Waals surface area contributed by atoms with Crippen LogP contribution in [0.2, 0.25) is 0 Å². The molecule has 0 bridgehead atoms. The van der Waals surface area contributed by atoms with E-state index in [9.17, 15) is 9.18 Å². The highest BCUT2D eigenvalue weighted by molar-refractivity contribution is 6.00. The molecule has 1 amide bonds. The van der Waals surface area contributed by atoms with Crippen LogP contribution >= 0.6 is 0 Å². The number of carbonyl (C=O) groups excluding carboxylic acids is 1. The van der Waals surface area contributed by atoms with Crippen molar-refractivity contribution in [3.05, 3.63) is 72.3 Å². The third-order valence-corrected chi connectivity index (χ3v) is 3.60. The Morgan fingerprint density at radius 2 is 2.17 bits per heavy atom. The maximum absolute atomic E-state index is 13.3. The molecule has 120 valence electrons. The van der Waals surface area contributed by atoms with Crippen molar-refractivity contribution in [3.8, 4) is 0 Å². The van der Waals surface area contributed by atoms with Crippen LogP contribution in [0.3, 0.4) is 0 Å². The van der Waals surface area contributed by atoms with Crippen molar-refractivity contribution in [2.24, 2.45) is 7.05 Å². The number of amides is 1. The summed E-state index contributed by atoms with van der Waals surface area (Å²) in [4.78, 5) is 15.8. The Kier molecular flexibility index (Phi) is 4.24. The number of carbonyl (C=O) groups is 1. The van der Waals surface area contributed by atoms with E-state index in [0.717, 1.165) is 22.2 Å². The number of benzene rings is 1. The van der Waals surface area contributed by atoms with Crippen LogP contribution in [0.5, 0.6) is 0 Å². The molecule has 0 aliphatic carbocycles. The summed E-state index contributed by atoms with van der Waals surface area (Å²) >= 11 is 0. The average molecular weight is 321 g/mol. The molecule has 3 rings (SSSR count). The molecule has 0 saturated carbocycles. The molecule has 3 aromatic rings. The Hall–Kier alpha value is -3.21. The van der Waals surface area contributed by atoms with Gasteiger partial charge in [0.2, 0.25) is 5.91 Å². The fourth-order valence-electron chi connectivity index (χ4n) is 2.48. The highest BCUT2D eigenvalue weighted by Gasteiger charge is 2.08. The predicted octanol–water partition coefficient (Wildman–Crippen LogP) is 4.01. The molecule has 0 fully saturated rings. The molecule has 1 N–H and O–H groups in total. The van der Waals surface area contributed by atoms with Gasteiger partial charge >= 0.3 is 0 Å². The number of nitrogens with one attached hydrogen (secondary N) is 1. The Morgan fingerprint density at radius 3 is 2.92 bits per heavy atom. The van der Waals surface area contributed by atoms with Crippen LogP contribution in [-0.2, 0) is 11.8 Å². The van der Waals surface area contributed by atoms with Crippen LogP contribution in [-0.4, -0.2) is 15.5 Å². The maximum Gasteiger partial charge on any atom is 0.247 e. The second-order valence-corrected chi connectivity index (χ2v) is 5.37. The summed E-state index contributed by atoms with van der Waals surface area (Å²) < 4.78 is 15.2. The lowest BCUT2D eigenvalue weighted by Crippen LogP contribution is -2.07. The van der Waals surface area contributed by atoms with E-state index in [4.69, 9.17) is 0 Å². The van der Waals surface area contributed by atoms with Crippen molar-refractivity contribution in [1.29, 1.82) is 0 Å². The first-order valence-corrected chi connectivity index (χ1v) is 7.39.